The highest BCUT2D eigenvalue weighted by Gasteiger charge is 2.13. The van der Waals surface area contributed by atoms with Crippen molar-refractivity contribution in [1.29, 1.82) is 0 Å². The third-order valence-corrected chi connectivity index (χ3v) is 1.71. The average Bonchev–Trinajstić information content (AvgIpc) is 2.29. The smallest absolute Gasteiger partial charge is 0.402 e. The van der Waals surface area contributed by atoms with Gasteiger partial charge in [0.2, 0.25) is 0 Å². The van der Waals surface area contributed by atoms with Crippen LogP contribution in [0.4, 0.5) is 0 Å². The van der Waals surface area contributed by atoms with Crippen molar-refractivity contribution in [3.63, 3.8) is 0 Å². The zero-order chi connectivity index (χ0) is 15.4. The molecule has 0 aromatic heterocycles. The SMILES string of the molecule is CC(C)(CO)CO.CC(C)(CO)CO.OB(O)O. The molecule has 8 heteroatoms. The van der Waals surface area contributed by atoms with E-state index in [0.29, 0.717) is 0 Å². The minimum absolute atomic E-state index is 0.0451. The largest absolute Gasteiger partial charge is 0.631 e. The summed E-state index contributed by atoms with van der Waals surface area (Å²) in [7, 11) is -2.17. The predicted molar refractivity (Wildman–Crippen MR) is 68.3 cm³/mol. The van der Waals surface area contributed by atoms with E-state index in [9.17, 15) is 0 Å². The lowest BCUT2D eigenvalue weighted by molar-refractivity contribution is 0.0855. The van der Waals surface area contributed by atoms with Crippen LogP contribution in [-0.4, -0.2) is 69.2 Å². The number of aliphatic hydroxyl groups excluding tert-OH is 4. The molecule has 0 aliphatic carbocycles. The summed E-state index contributed by atoms with van der Waals surface area (Å²) in [6.45, 7) is 7.38. The third kappa shape index (κ3) is 24.8. The van der Waals surface area contributed by atoms with Crippen molar-refractivity contribution < 1.29 is 35.5 Å². The fourth-order valence-electron chi connectivity index (χ4n) is 0.1000. The summed E-state index contributed by atoms with van der Waals surface area (Å²) in [4.78, 5) is 0. The Morgan fingerprint density at radius 2 is 0.722 bits per heavy atom. The molecule has 0 aliphatic heterocycles. The monoisotopic (exact) mass is 270 g/mol. The van der Waals surface area contributed by atoms with Crippen LogP contribution in [0.3, 0.4) is 0 Å². The first-order valence-corrected chi connectivity index (χ1v) is 5.45. The molecule has 0 saturated carbocycles. The Morgan fingerprint density at radius 1 is 0.611 bits per heavy atom. The van der Waals surface area contributed by atoms with Crippen LogP contribution in [0, 0.1) is 10.8 Å². The van der Waals surface area contributed by atoms with Crippen molar-refractivity contribution in [2.45, 2.75) is 27.7 Å². The molecule has 0 saturated heterocycles. The van der Waals surface area contributed by atoms with E-state index in [4.69, 9.17) is 35.5 Å². The summed E-state index contributed by atoms with van der Waals surface area (Å²) in [5, 5.41) is 55.2. The molecule has 0 aliphatic rings. The maximum Gasteiger partial charge on any atom is 0.631 e. The maximum absolute atomic E-state index is 8.43. The topological polar surface area (TPSA) is 142 Å². The molecule has 0 rings (SSSR count). The van der Waals surface area contributed by atoms with E-state index >= 15 is 0 Å². The van der Waals surface area contributed by atoms with Crippen molar-refractivity contribution in [2.24, 2.45) is 10.8 Å². The van der Waals surface area contributed by atoms with Crippen LogP contribution in [0.5, 0.6) is 0 Å². The average molecular weight is 270 g/mol. The molecule has 112 valence electrons. The maximum atomic E-state index is 8.43. The summed E-state index contributed by atoms with van der Waals surface area (Å²) in [5.74, 6) is 0. The first-order chi connectivity index (χ1) is 7.97. The quantitative estimate of drug-likeness (QED) is 0.291. The van der Waals surface area contributed by atoms with Crippen LogP contribution in [-0.2, 0) is 0 Å². The summed E-state index contributed by atoms with van der Waals surface area (Å²) < 4.78 is 0. The van der Waals surface area contributed by atoms with Crippen molar-refractivity contribution in [3.8, 4) is 0 Å². The normalized spacial score (nSPS) is 10.8. The molecule has 7 N–H and O–H groups in total. The molecule has 0 atom stereocenters. The van der Waals surface area contributed by atoms with E-state index in [1.54, 1.807) is 27.7 Å². The van der Waals surface area contributed by atoms with Crippen molar-refractivity contribution in [2.75, 3.05) is 26.4 Å². The van der Waals surface area contributed by atoms with Gasteiger partial charge in [-0.05, 0) is 0 Å². The van der Waals surface area contributed by atoms with Crippen LogP contribution in [0.15, 0.2) is 0 Å². The van der Waals surface area contributed by atoms with Gasteiger partial charge in [0.15, 0.2) is 0 Å². The molecule has 18 heavy (non-hydrogen) atoms. The molecule has 0 aromatic carbocycles. The van der Waals surface area contributed by atoms with E-state index in [2.05, 4.69) is 0 Å². The summed E-state index contributed by atoms with van der Waals surface area (Å²) in [6, 6.07) is 0. The minimum Gasteiger partial charge on any atom is -0.402 e. The van der Waals surface area contributed by atoms with Crippen LogP contribution in [0.2, 0.25) is 0 Å². The molecule has 0 fully saturated rings. The molecule has 0 aromatic rings. The van der Waals surface area contributed by atoms with Crippen LogP contribution in [0.25, 0.3) is 0 Å². The molecule has 0 radical (unpaired) electrons. The molecule has 0 bridgehead atoms. The molecule has 0 spiro atoms. The highest BCUT2D eigenvalue weighted by Crippen LogP contribution is 2.10. The molecule has 0 unspecified atom stereocenters. The molecular formula is C10H27BO7. The van der Waals surface area contributed by atoms with Gasteiger partial charge in [0.25, 0.3) is 0 Å². The van der Waals surface area contributed by atoms with Gasteiger partial charge >= 0.3 is 7.32 Å². The van der Waals surface area contributed by atoms with Crippen molar-refractivity contribution in [3.05, 3.63) is 0 Å². The Kier molecular flexibility index (Phi) is 15.1. The second-order valence-electron chi connectivity index (χ2n) is 5.31. The Labute approximate surface area is 109 Å². The fourth-order valence-corrected chi connectivity index (χ4v) is 0.1000. The van der Waals surface area contributed by atoms with Crippen molar-refractivity contribution >= 4 is 7.32 Å². The Hall–Kier alpha value is -0.215. The third-order valence-electron chi connectivity index (χ3n) is 1.71. The number of aliphatic hydroxyl groups is 4. The van der Waals surface area contributed by atoms with E-state index in [0.717, 1.165) is 0 Å². The van der Waals surface area contributed by atoms with E-state index in [1.165, 1.54) is 0 Å². The Morgan fingerprint density at radius 3 is 0.722 bits per heavy atom. The fraction of sp³-hybridized carbons (Fsp3) is 1.00. The van der Waals surface area contributed by atoms with Crippen LogP contribution >= 0.6 is 0 Å². The number of hydrogen-bond acceptors (Lipinski definition) is 7. The van der Waals surface area contributed by atoms with Gasteiger partial charge in [0.05, 0.1) is 26.4 Å². The summed E-state index contributed by atoms with van der Waals surface area (Å²) in [6.07, 6.45) is 0. The van der Waals surface area contributed by atoms with Gasteiger partial charge in [-0.25, -0.2) is 0 Å². The second-order valence-corrected chi connectivity index (χ2v) is 5.31. The van der Waals surface area contributed by atoms with Crippen molar-refractivity contribution in [1.82, 2.24) is 0 Å². The first-order valence-electron chi connectivity index (χ1n) is 5.45. The lowest BCUT2D eigenvalue weighted by Gasteiger charge is -2.16. The van der Waals surface area contributed by atoms with Gasteiger partial charge in [0, 0.05) is 10.8 Å². The zero-order valence-corrected chi connectivity index (χ0v) is 11.5. The van der Waals surface area contributed by atoms with Gasteiger partial charge in [0.1, 0.15) is 0 Å². The van der Waals surface area contributed by atoms with Gasteiger partial charge in [-0.2, -0.15) is 0 Å². The van der Waals surface area contributed by atoms with Gasteiger partial charge in [-0.1, -0.05) is 27.7 Å². The van der Waals surface area contributed by atoms with E-state index in [1.807, 2.05) is 0 Å². The molecule has 0 heterocycles. The van der Waals surface area contributed by atoms with Crippen LogP contribution < -0.4 is 0 Å². The highest BCUT2D eigenvalue weighted by molar-refractivity contribution is 6.30. The summed E-state index contributed by atoms with van der Waals surface area (Å²) >= 11 is 0. The summed E-state index contributed by atoms with van der Waals surface area (Å²) in [5.41, 5.74) is -0.611. The van der Waals surface area contributed by atoms with Gasteiger partial charge in [-0.15, -0.1) is 0 Å². The molecule has 0 amide bonds. The van der Waals surface area contributed by atoms with Gasteiger partial charge in [-0.3, -0.25) is 0 Å². The van der Waals surface area contributed by atoms with Gasteiger partial charge < -0.3 is 35.5 Å². The predicted octanol–water partition coefficient (Wildman–Crippen LogP) is -2.06. The molecular weight excluding hydrogens is 243 g/mol. The zero-order valence-electron chi connectivity index (χ0n) is 11.5. The number of hydrogen-bond donors (Lipinski definition) is 7. The Bertz CT molecular complexity index is 143. The first kappa shape index (κ1) is 22.9. The lowest BCUT2D eigenvalue weighted by atomic mass is 9.97. The number of rotatable bonds is 4. The lowest BCUT2D eigenvalue weighted by Crippen LogP contribution is -2.20. The highest BCUT2D eigenvalue weighted by atomic mass is 16.5. The molecule has 7 nitrogen and oxygen atoms in total. The Balaban J connectivity index is -0.000000196. The van der Waals surface area contributed by atoms with E-state index in [-0.39, 0.29) is 37.3 Å². The van der Waals surface area contributed by atoms with Crippen LogP contribution in [0.1, 0.15) is 27.7 Å². The minimum atomic E-state index is -2.17. The second kappa shape index (κ2) is 11.9. The van der Waals surface area contributed by atoms with E-state index < -0.39 is 7.32 Å². The standard InChI is InChI=1S/2C5H12O2.BH3O3/c2*1-5(2,3-6)4-7;2-1(3)4/h2*6-7H,3-4H2,1-2H3;2-4H.